The van der Waals surface area contributed by atoms with E-state index in [0.717, 1.165) is 26.0 Å². The molecule has 0 aromatic carbocycles. The third kappa shape index (κ3) is 3.46. The molecule has 0 aliphatic carbocycles. The Kier molecular flexibility index (Phi) is 6.09. The zero-order chi connectivity index (χ0) is 13.8. The van der Waals surface area contributed by atoms with Crippen molar-refractivity contribution < 1.29 is 4.74 Å². The minimum Gasteiger partial charge on any atom is -0.378 e. The van der Waals surface area contributed by atoms with Gasteiger partial charge in [-0.3, -0.25) is 4.90 Å². The van der Waals surface area contributed by atoms with Crippen LogP contribution in [0, 0.1) is 5.92 Å². The van der Waals surface area contributed by atoms with E-state index >= 15 is 0 Å². The van der Waals surface area contributed by atoms with Crippen LogP contribution in [0.4, 0.5) is 0 Å². The van der Waals surface area contributed by atoms with Crippen LogP contribution in [0.3, 0.4) is 0 Å². The van der Waals surface area contributed by atoms with E-state index in [-0.39, 0.29) is 5.54 Å². The molecule has 1 saturated heterocycles. The Balaban J connectivity index is 2.77. The number of rotatable bonds is 6. The lowest BCUT2D eigenvalue weighted by molar-refractivity contribution is -0.0900. The standard InChI is InChI=1S/C15H32N2O/c1-6-7-13(4)17(5)15(11-16)8-9-18-14(10-15)12(2)3/h12-14H,6-11,16H2,1-5H3. The molecule has 1 fully saturated rings. The maximum absolute atomic E-state index is 6.14. The van der Waals surface area contributed by atoms with Crippen LogP contribution in [0.1, 0.15) is 53.4 Å². The first-order valence-corrected chi connectivity index (χ1v) is 7.51. The van der Waals surface area contributed by atoms with Crippen LogP contribution < -0.4 is 5.73 Å². The second kappa shape index (κ2) is 6.88. The van der Waals surface area contributed by atoms with Gasteiger partial charge in [0, 0.05) is 24.7 Å². The van der Waals surface area contributed by atoms with E-state index in [2.05, 4.69) is 39.6 Å². The van der Waals surface area contributed by atoms with Crippen LogP contribution in [0.25, 0.3) is 0 Å². The highest BCUT2D eigenvalue weighted by Gasteiger charge is 2.41. The highest BCUT2D eigenvalue weighted by atomic mass is 16.5. The molecular weight excluding hydrogens is 224 g/mol. The molecule has 108 valence electrons. The van der Waals surface area contributed by atoms with Crippen LogP contribution in [0.2, 0.25) is 0 Å². The summed E-state index contributed by atoms with van der Waals surface area (Å²) in [5, 5.41) is 0. The molecule has 3 atom stereocenters. The summed E-state index contributed by atoms with van der Waals surface area (Å²) < 4.78 is 5.90. The number of nitrogens with zero attached hydrogens (tertiary/aromatic N) is 1. The van der Waals surface area contributed by atoms with Gasteiger partial charge in [0.15, 0.2) is 0 Å². The summed E-state index contributed by atoms with van der Waals surface area (Å²) >= 11 is 0. The van der Waals surface area contributed by atoms with Gasteiger partial charge in [0.05, 0.1) is 6.10 Å². The summed E-state index contributed by atoms with van der Waals surface area (Å²) in [7, 11) is 2.25. The Hall–Kier alpha value is -0.120. The van der Waals surface area contributed by atoms with Gasteiger partial charge in [-0.25, -0.2) is 0 Å². The summed E-state index contributed by atoms with van der Waals surface area (Å²) in [6.07, 6.45) is 4.98. The van der Waals surface area contributed by atoms with Crippen molar-refractivity contribution in [3.8, 4) is 0 Å². The lowest BCUT2D eigenvalue weighted by Crippen LogP contribution is -2.60. The van der Waals surface area contributed by atoms with Gasteiger partial charge in [0.1, 0.15) is 0 Å². The monoisotopic (exact) mass is 256 g/mol. The molecule has 2 N–H and O–H groups in total. The van der Waals surface area contributed by atoms with Gasteiger partial charge < -0.3 is 10.5 Å². The fourth-order valence-electron chi connectivity index (χ4n) is 3.09. The molecule has 0 aromatic rings. The molecule has 1 aliphatic rings. The van der Waals surface area contributed by atoms with E-state index in [9.17, 15) is 0 Å². The molecule has 3 unspecified atom stereocenters. The molecule has 3 heteroatoms. The molecule has 18 heavy (non-hydrogen) atoms. The van der Waals surface area contributed by atoms with E-state index in [1.165, 1.54) is 12.8 Å². The molecule has 1 aliphatic heterocycles. The molecule has 0 saturated carbocycles. The van der Waals surface area contributed by atoms with Crippen LogP contribution in [0.15, 0.2) is 0 Å². The number of hydrogen-bond donors (Lipinski definition) is 1. The van der Waals surface area contributed by atoms with Crippen molar-refractivity contribution in [3.05, 3.63) is 0 Å². The van der Waals surface area contributed by atoms with E-state index in [0.29, 0.717) is 18.1 Å². The normalized spacial score (nSPS) is 31.0. The Morgan fingerprint density at radius 1 is 1.39 bits per heavy atom. The van der Waals surface area contributed by atoms with Gasteiger partial charge in [0.2, 0.25) is 0 Å². The lowest BCUT2D eigenvalue weighted by atomic mass is 9.81. The Bertz CT molecular complexity index is 245. The van der Waals surface area contributed by atoms with Gasteiger partial charge in [-0.15, -0.1) is 0 Å². The minimum atomic E-state index is 0.141. The summed E-state index contributed by atoms with van der Waals surface area (Å²) in [4.78, 5) is 2.52. The maximum Gasteiger partial charge on any atom is 0.0616 e. The number of ether oxygens (including phenoxy) is 1. The number of likely N-dealkylation sites (N-methyl/N-ethyl adjacent to an activating group) is 1. The zero-order valence-corrected chi connectivity index (χ0v) is 12.9. The molecule has 0 bridgehead atoms. The van der Waals surface area contributed by atoms with Crippen molar-refractivity contribution in [3.63, 3.8) is 0 Å². The van der Waals surface area contributed by atoms with Crippen molar-refractivity contribution >= 4 is 0 Å². The van der Waals surface area contributed by atoms with Gasteiger partial charge in [-0.1, -0.05) is 27.2 Å². The molecule has 0 spiro atoms. The highest BCUT2D eigenvalue weighted by molar-refractivity contribution is 4.97. The molecule has 0 amide bonds. The fourth-order valence-corrected chi connectivity index (χ4v) is 3.09. The second-order valence-electron chi connectivity index (χ2n) is 6.28. The molecule has 1 heterocycles. The first-order valence-electron chi connectivity index (χ1n) is 7.51. The van der Waals surface area contributed by atoms with E-state index < -0.39 is 0 Å². The molecule has 0 radical (unpaired) electrons. The first kappa shape index (κ1) is 15.9. The number of hydrogen-bond acceptors (Lipinski definition) is 3. The van der Waals surface area contributed by atoms with Crippen LogP contribution in [0.5, 0.6) is 0 Å². The Morgan fingerprint density at radius 3 is 2.56 bits per heavy atom. The van der Waals surface area contributed by atoms with Crippen molar-refractivity contribution in [2.24, 2.45) is 11.7 Å². The molecule has 3 nitrogen and oxygen atoms in total. The van der Waals surface area contributed by atoms with Crippen molar-refractivity contribution in [1.29, 1.82) is 0 Å². The van der Waals surface area contributed by atoms with Crippen molar-refractivity contribution in [2.45, 2.75) is 71.1 Å². The average molecular weight is 256 g/mol. The van der Waals surface area contributed by atoms with Crippen LogP contribution in [-0.2, 0) is 4.74 Å². The van der Waals surface area contributed by atoms with Crippen molar-refractivity contribution in [1.82, 2.24) is 4.90 Å². The van der Waals surface area contributed by atoms with Gasteiger partial charge in [-0.2, -0.15) is 0 Å². The molecule has 0 aromatic heterocycles. The van der Waals surface area contributed by atoms with E-state index in [1.54, 1.807) is 0 Å². The van der Waals surface area contributed by atoms with E-state index in [4.69, 9.17) is 10.5 Å². The Labute approximate surface area is 113 Å². The summed E-state index contributed by atoms with van der Waals surface area (Å²) in [6, 6.07) is 0.601. The topological polar surface area (TPSA) is 38.5 Å². The SMILES string of the molecule is CCCC(C)N(C)C1(CN)CCOC(C(C)C)C1. The van der Waals surface area contributed by atoms with Crippen LogP contribution in [-0.4, -0.2) is 42.8 Å². The minimum absolute atomic E-state index is 0.141. The van der Waals surface area contributed by atoms with Gasteiger partial charge >= 0.3 is 0 Å². The largest absolute Gasteiger partial charge is 0.378 e. The third-order valence-electron chi connectivity index (χ3n) is 4.72. The summed E-state index contributed by atoms with van der Waals surface area (Å²) in [6.45, 7) is 10.6. The fraction of sp³-hybridized carbons (Fsp3) is 1.00. The van der Waals surface area contributed by atoms with Gasteiger partial charge in [0.25, 0.3) is 0 Å². The summed E-state index contributed by atoms with van der Waals surface area (Å²) in [5.74, 6) is 0.575. The van der Waals surface area contributed by atoms with E-state index in [1.807, 2.05) is 0 Å². The summed E-state index contributed by atoms with van der Waals surface area (Å²) in [5.41, 5.74) is 6.28. The smallest absolute Gasteiger partial charge is 0.0616 e. The Morgan fingerprint density at radius 2 is 2.06 bits per heavy atom. The highest BCUT2D eigenvalue weighted by Crippen LogP contribution is 2.33. The average Bonchev–Trinajstić information content (AvgIpc) is 2.38. The predicted octanol–water partition coefficient (Wildman–Crippen LogP) is 2.64. The quantitative estimate of drug-likeness (QED) is 0.794. The molecule has 1 rings (SSSR count). The number of nitrogens with two attached hydrogens (primary N) is 1. The van der Waals surface area contributed by atoms with Crippen molar-refractivity contribution in [2.75, 3.05) is 20.2 Å². The van der Waals surface area contributed by atoms with Gasteiger partial charge in [-0.05, 0) is 39.2 Å². The van der Waals surface area contributed by atoms with Crippen LogP contribution >= 0.6 is 0 Å². The zero-order valence-electron chi connectivity index (χ0n) is 12.9. The molecular formula is C15H32N2O. The lowest BCUT2D eigenvalue weighted by Gasteiger charge is -2.49. The predicted molar refractivity (Wildman–Crippen MR) is 77.7 cm³/mol. The maximum atomic E-state index is 6.14. The first-order chi connectivity index (χ1) is 8.46. The third-order valence-corrected chi connectivity index (χ3v) is 4.72. The second-order valence-corrected chi connectivity index (χ2v) is 6.28.